The SMILES string of the molecule is COc1ccc(OC)c2c1CCC(CO)(CO)C2=O. The third-order valence-electron chi connectivity index (χ3n) is 3.84. The molecule has 104 valence electrons. The molecule has 0 amide bonds. The molecule has 0 saturated heterocycles. The Morgan fingerprint density at radius 2 is 1.74 bits per heavy atom. The number of carbonyl (C=O) groups excluding carboxylic acids is 1. The first-order chi connectivity index (χ1) is 9.13. The zero-order chi connectivity index (χ0) is 14.0. The Balaban J connectivity index is 2.62. The monoisotopic (exact) mass is 266 g/mol. The van der Waals surface area contributed by atoms with Crippen LogP contribution in [0.3, 0.4) is 0 Å². The Kier molecular flexibility index (Phi) is 3.78. The lowest BCUT2D eigenvalue weighted by molar-refractivity contribution is 0.0341. The van der Waals surface area contributed by atoms with Gasteiger partial charge in [0.15, 0.2) is 5.78 Å². The smallest absolute Gasteiger partial charge is 0.177 e. The summed E-state index contributed by atoms with van der Waals surface area (Å²) in [5, 5.41) is 18.9. The summed E-state index contributed by atoms with van der Waals surface area (Å²) < 4.78 is 10.5. The second kappa shape index (κ2) is 5.19. The Hall–Kier alpha value is -1.59. The van der Waals surface area contributed by atoms with Crippen LogP contribution in [0.25, 0.3) is 0 Å². The van der Waals surface area contributed by atoms with Crippen LogP contribution < -0.4 is 9.47 Å². The zero-order valence-electron chi connectivity index (χ0n) is 11.1. The molecule has 5 heteroatoms. The Labute approximate surface area is 111 Å². The van der Waals surface area contributed by atoms with E-state index in [0.717, 1.165) is 5.56 Å². The molecule has 0 heterocycles. The number of carbonyl (C=O) groups is 1. The maximum atomic E-state index is 12.6. The standard InChI is InChI=1S/C14H18O5/c1-18-10-3-4-11(19-2)12-9(10)5-6-14(7-15,8-16)13(12)17/h3-4,15-16H,5-8H2,1-2H3. The molecule has 0 spiro atoms. The minimum atomic E-state index is -1.12. The first-order valence-corrected chi connectivity index (χ1v) is 6.14. The normalized spacial score (nSPS) is 16.9. The van der Waals surface area contributed by atoms with Gasteiger partial charge in [0, 0.05) is 5.56 Å². The van der Waals surface area contributed by atoms with Crippen molar-refractivity contribution < 1.29 is 24.5 Å². The van der Waals surface area contributed by atoms with Gasteiger partial charge >= 0.3 is 0 Å². The highest BCUT2D eigenvalue weighted by Gasteiger charge is 2.44. The average molecular weight is 266 g/mol. The number of aliphatic hydroxyl groups is 2. The molecule has 0 fully saturated rings. The van der Waals surface area contributed by atoms with Crippen molar-refractivity contribution in [2.45, 2.75) is 12.8 Å². The highest BCUT2D eigenvalue weighted by atomic mass is 16.5. The van der Waals surface area contributed by atoms with Crippen molar-refractivity contribution in [2.75, 3.05) is 27.4 Å². The number of hydrogen-bond acceptors (Lipinski definition) is 5. The van der Waals surface area contributed by atoms with Gasteiger partial charge in [-0.15, -0.1) is 0 Å². The summed E-state index contributed by atoms with van der Waals surface area (Å²) in [6.45, 7) is -0.746. The van der Waals surface area contributed by atoms with E-state index in [1.165, 1.54) is 7.11 Å². The number of rotatable bonds is 4. The molecular formula is C14H18O5. The number of Topliss-reactive ketones (excluding diaryl/α,β-unsaturated/α-hetero) is 1. The van der Waals surface area contributed by atoms with Crippen molar-refractivity contribution >= 4 is 5.78 Å². The van der Waals surface area contributed by atoms with Crippen LogP contribution in [0.5, 0.6) is 11.5 Å². The van der Waals surface area contributed by atoms with Crippen molar-refractivity contribution in [3.63, 3.8) is 0 Å². The maximum Gasteiger partial charge on any atom is 0.177 e. The van der Waals surface area contributed by atoms with E-state index in [0.29, 0.717) is 29.9 Å². The van der Waals surface area contributed by atoms with Gasteiger partial charge in [0.2, 0.25) is 0 Å². The summed E-state index contributed by atoms with van der Waals surface area (Å²) >= 11 is 0. The molecule has 0 bridgehead atoms. The van der Waals surface area contributed by atoms with E-state index >= 15 is 0 Å². The highest BCUT2D eigenvalue weighted by Crippen LogP contribution is 2.42. The van der Waals surface area contributed by atoms with Crippen molar-refractivity contribution in [3.8, 4) is 11.5 Å². The van der Waals surface area contributed by atoms with Crippen molar-refractivity contribution in [1.29, 1.82) is 0 Å². The molecule has 1 aliphatic rings. The number of fused-ring (bicyclic) bond motifs is 1. The predicted molar refractivity (Wildman–Crippen MR) is 68.8 cm³/mol. The van der Waals surface area contributed by atoms with Crippen molar-refractivity contribution in [2.24, 2.45) is 5.41 Å². The van der Waals surface area contributed by atoms with Crippen LogP contribution in [0.4, 0.5) is 0 Å². The Morgan fingerprint density at radius 1 is 1.16 bits per heavy atom. The van der Waals surface area contributed by atoms with Gasteiger partial charge in [0.25, 0.3) is 0 Å². The molecule has 1 aromatic rings. The van der Waals surface area contributed by atoms with Gasteiger partial charge in [0.1, 0.15) is 11.5 Å². The Bertz CT molecular complexity index is 491. The fourth-order valence-electron chi connectivity index (χ4n) is 2.56. The predicted octanol–water partition coefficient (Wildman–Crippen LogP) is 0.804. The summed E-state index contributed by atoms with van der Waals surface area (Å²) in [7, 11) is 3.04. The van der Waals surface area contributed by atoms with E-state index in [1.54, 1.807) is 19.2 Å². The summed E-state index contributed by atoms with van der Waals surface area (Å²) in [5.74, 6) is 0.801. The van der Waals surface area contributed by atoms with E-state index in [9.17, 15) is 15.0 Å². The van der Waals surface area contributed by atoms with E-state index in [4.69, 9.17) is 9.47 Å². The fraction of sp³-hybridized carbons (Fsp3) is 0.500. The van der Waals surface area contributed by atoms with Crippen LogP contribution in [0.15, 0.2) is 12.1 Å². The van der Waals surface area contributed by atoms with E-state index in [-0.39, 0.29) is 19.0 Å². The second-order valence-corrected chi connectivity index (χ2v) is 4.75. The summed E-state index contributed by atoms with van der Waals surface area (Å²) in [6.07, 6.45) is 0.956. The molecule has 0 saturated carbocycles. The number of aliphatic hydroxyl groups excluding tert-OH is 2. The number of benzene rings is 1. The van der Waals surface area contributed by atoms with Gasteiger partial charge in [0.05, 0.1) is 38.4 Å². The maximum absolute atomic E-state index is 12.6. The summed E-state index contributed by atoms with van der Waals surface area (Å²) in [6, 6.07) is 3.43. The topological polar surface area (TPSA) is 76.0 Å². The molecular weight excluding hydrogens is 248 g/mol. The molecule has 2 rings (SSSR count). The fourth-order valence-corrected chi connectivity index (χ4v) is 2.56. The zero-order valence-corrected chi connectivity index (χ0v) is 11.1. The largest absolute Gasteiger partial charge is 0.496 e. The molecule has 2 N–H and O–H groups in total. The van der Waals surface area contributed by atoms with Gasteiger partial charge in [-0.25, -0.2) is 0 Å². The number of ketones is 1. The molecule has 0 atom stereocenters. The van der Waals surface area contributed by atoms with Crippen LogP contribution >= 0.6 is 0 Å². The Morgan fingerprint density at radius 3 is 2.26 bits per heavy atom. The van der Waals surface area contributed by atoms with Gasteiger partial charge in [-0.3, -0.25) is 4.79 Å². The van der Waals surface area contributed by atoms with Gasteiger partial charge < -0.3 is 19.7 Å². The number of hydrogen-bond donors (Lipinski definition) is 2. The molecule has 0 aliphatic heterocycles. The van der Waals surface area contributed by atoms with Crippen molar-refractivity contribution in [3.05, 3.63) is 23.3 Å². The first kappa shape index (κ1) is 13.8. The van der Waals surface area contributed by atoms with Crippen LogP contribution in [0.2, 0.25) is 0 Å². The molecule has 0 unspecified atom stereocenters. The highest BCUT2D eigenvalue weighted by molar-refractivity contribution is 6.05. The minimum absolute atomic E-state index is 0.283. The van der Waals surface area contributed by atoms with E-state index in [1.807, 2.05) is 0 Å². The molecule has 0 radical (unpaired) electrons. The minimum Gasteiger partial charge on any atom is -0.496 e. The van der Waals surface area contributed by atoms with Gasteiger partial charge in [-0.05, 0) is 25.0 Å². The first-order valence-electron chi connectivity index (χ1n) is 6.14. The molecule has 0 aromatic heterocycles. The third kappa shape index (κ3) is 1.99. The van der Waals surface area contributed by atoms with Crippen LogP contribution in [0, 0.1) is 5.41 Å². The van der Waals surface area contributed by atoms with E-state index in [2.05, 4.69) is 0 Å². The average Bonchev–Trinajstić information content (AvgIpc) is 2.47. The van der Waals surface area contributed by atoms with Crippen molar-refractivity contribution in [1.82, 2.24) is 0 Å². The lowest BCUT2D eigenvalue weighted by Crippen LogP contribution is -2.42. The molecule has 5 nitrogen and oxygen atoms in total. The summed E-state index contributed by atoms with van der Waals surface area (Å²) in [5.41, 5.74) is 0.0766. The van der Waals surface area contributed by atoms with Crippen LogP contribution in [-0.4, -0.2) is 43.4 Å². The van der Waals surface area contributed by atoms with Gasteiger partial charge in [-0.1, -0.05) is 0 Å². The van der Waals surface area contributed by atoms with E-state index < -0.39 is 5.41 Å². The molecule has 19 heavy (non-hydrogen) atoms. The van der Waals surface area contributed by atoms with Crippen LogP contribution in [0.1, 0.15) is 22.3 Å². The summed E-state index contributed by atoms with van der Waals surface area (Å²) in [4.78, 5) is 12.6. The number of methoxy groups -OCH3 is 2. The number of ether oxygens (including phenoxy) is 2. The molecule has 1 aromatic carbocycles. The third-order valence-corrected chi connectivity index (χ3v) is 3.84. The quantitative estimate of drug-likeness (QED) is 0.843. The second-order valence-electron chi connectivity index (χ2n) is 4.75. The van der Waals surface area contributed by atoms with Crippen LogP contribution in [-0.2, 0) is 6.42 Å². The lowest BCUT2D eigenvalue weighted by atomic mass is 9.71. The molecule has 1 aliphatic carbocycles. The lowest BCUT2D eigenvalue weighted by Gasteiger charge is -2.34. The van der Waals surface area contributed by atoms with Gasteiger partial charge in [-0.2, -0.15) is 0 Å².